The second kappa shape index (κ2) is 8.47. The molecule has 0 bridgehead atoms. The summed E-state index contributed by atoms with van der Waals surface area (Å²) in [5.41, 5.74) is 2.70. The molecule has 0 saturated carbocycles. The van der Waals surface area contributed by atoms with Crippen LogP contribution in [0.25, 0.3) is 11.0 Å². The molecule has 0 aliphatic carbocycles. The number of imidazole rings is 1. The molecule has 8 heteroatoms. The Kier molecular flexibility index (Phi) is 5.61. The van der Waals surface area contributed by atoms with Gasteiger partial charge in [-0.3, -0.25) is 0 Å². The van der Waals surface area contributed by atoms with Crippen molar-refractivity contribution in [2.75, 3.05) is 31.9 Å². The lowest BCUT2D eigenvalue weighted by Crippen LogP contribution is -2.23. The second-order valence-electron chi connectivity index (χ2n) is 6.54. The van der Waals surface area contributed by atoms with Crippen LogP contribution in [-0.2, 0) is 17.9 Å². The van der Waals surface area contributed by atoms with Crippen LogP contribution in [0.3, 0.4) is 0 Å². The van der Waals surface area contributed by atoms with Gasteiger partial charge in [0.2, 0.25) is 12.7 Å². The molecule has 4 rings (SSSR count). The third-order valence-electron chi connectivity index (χ3n) is 4.46. The van der Waals surface area contributed by atoms with Crippen molar-refractivity contribution in [3.63, 3.8) is 0 Å². The topological polar surface area (TPSA) is 98.0 Å². The van der Waals surface area contributed by atoms with E-state index in [9.17, 15) is 5.11 Å². The lowest BCUT2D eigenvalue weighted by Gasteiger charge is -2.15. The molecule has 0 spiro atoms. The summed E-state index contributed by atoms with van der Waals surface area (Å²) in [6, 6.07) is 13.4. The van der Waals surface area contributed by atoms with Gasteiger partial charge in [-0.1, -0.05) is 18.2 Å². The fourth-order valence-electron chi connectivity index (χ4n) is 3.17. The van der Waals surface area contributed by atoms with E-state index in [2.05, 4.69) is 10.3 Å². The first-order valence-corrected chi connectivity index (χ1v) is 9.19. The van der Waals surface area contributed by atoms with E-state index in [0.717, 1.165) is 22.3 Å². The van der Waals surface area contributed by atoms with Crippen molar-refractivity contribution >= 4 is 17.0 Å². The van der Waals surface area contributed by atoms with Crippen molar-refractivity contribution in [1.29, 1.82) is 0 Å². The van der Waals surface area contributed by atoms with E-state index in [-0.39, 0.29) is 20.0 Å². The molecule has 0 saturated heterocycles. The predicted octanol–water partition coefficient (Wildman–Crippen LogP) is 1.75. The maximum absolute atomic E-state index is 10.5. The Bertz CT molecular complexity index is 943. The summed E-state index contributed by atoms with van der Waals surface area (Å²) in [5, 5.41) is 22.6. The van der Waals surface area contributed by atoms with E-state index in [1.165, 1.54) is 0 Å². The van der Waals surface area contributed by atoms with E-state index in [1.807, 2.05) is 47.0 Å². The highest BCUT2D eigenvalue weighted by molar-refractivity contribution is 5.78. The largest absolute Gasteiger partial charge is 0.454 e. The average molecular weight is 385 g/mol. The Morgan fingerprint density at radius 2 is 2.04 bits per heavy atom. The molecule has 1 aromatic heterocycles. The lowest BCUT2D eigenvalue weighted by atomic mass is 10.2. The number of rotatable bonds is 9. The van der Waals surface area contributed by atoms with E-state index in [4.69, 9.17) is 19.3 Å². The molecular weight excluding hydrogens is 362 g/mol. The Morgan fingerprint density at radius 1 is 1.18 bits per heavy atom. The first-order valence-electron chi connectivity index (χ1n) is 9.19. The average Bonchev–Trinajstić information content (AvgIpc) is 3.31. The van der Waals surface area contributed by atoms with Crippen molar-refractivity contribution in [3.05, 3.63) is 48.0 Å². The maximum atomic E-state index is 10.5. The quantitative estimate of drug-likeness (QED) is 0.516. The van der Waals surface area contributed by atoms with Gasteiger partial charge in [0.15, 0.2) is 11.5 Å². The molecule has 1 unspecified atom stereocenters. The zero-order valence-corrected chi connectivity index (χ0v) is 15.4. The Hall–Kier alpha value is -2.81. The van der Waals surface area contributed by atoms with Crippen molar-refractivity contribution in [1.82, 2.24) is 9.55 Å². The van der Waals surface area contributed by atoms with Gasteiger partial charge in [-0.05, 0) is 29.8 Å². The summed E-state index contributed by atoms with van der Waals surface area (Å²) < 4.78 is 18.2. The number of hydrogen-bond donors (Lipinski definition) is 3. The van der Waals surface area contributed by atoms with Gasteiger partial charge >= 0.3 is 0 Å². The van der Waals surface area contributed by atoms with Gasteiger partial charge in [-0.15, -0.1) is 0 Å². The molecule has 8 nitrogen and oxygen atoms in total. The van der Waals surface area contributed by atoms with Crippen LogP contribution in [-0.4, -0.2) is 52.4 Å². The molecule has 1 atom stereocenters. The van der Waals surface area contributed by atoms with Gasteiger partial charge in [-0.2, -0.15) is 0 Å². The van der Waals surface area contributed by atoms with Crippen molar-refractivity contribution in [2.24, 2.45) is 0 Å². The number of nitrogens with zero attached hydrogens (tertiary/aromatic N) is 2. The molecule has 3 aromatic rings. The van der Waals surface area contributed by atoms with Crippen LogP contribution in [0.2, 0.25) is 0 Å². The molecule has 3 N–H and O–H groups in total. The Balaban J connectivity index is 1.37. The smallest absolute Gasteiger partial charge is 0.231 e. The normalized spacial score (nSPS) is 13.8. The van der Waals surface area contributed by atoms with Crippen molar-refractivity contribution in [3.8, 4) is 11.5 Å². The molecule has 28 heavy (non-hydrogen) atoms. The van der Waals surface area contributed by atoms with Crippen molar-refractivity contribution < 1.29 is 24.4 Å². The summed E-state index contributed by atoms with van der Waals surface area (Å²) in [4.78, 5) is 4.53. The summed E-state index contributed by atoms with van der Waals surface area (Å²) in [6.07, 6.45) is -0.707. The van der Waals surface area contributed by atoms with Crippen LogP contribution < -0.4 is 14.8 Å². The first kappa shape index (κ1) is 18.5. The first-order chi connectivity index (χ1) is 13.7. The predicted molar refractivity (Wildman–Crippen MR) is 104 cm³/mol. The minimum atomic E-state index is -0.707. The number of para-hydroxylation sites is 2. The van der Waals surface area contributed by atoms with Gasteiger partial charge in [0.25, 0.3) is 0 Å². The highest BCUT2D eigenvalue weighted by Crippen LogP contribution is 2.32. The summed E-state index contributed by atoms with van der Waals surface area (Å²) in [5.74, 6) is 2.06. The van der Waals surface area contributed by atoms with Crippen LogP contribution in [0.5, 0.6) is 11.5 Å². The number of aliphatic hydroxyl groups is 2. The minimum Gasteiger partial charge on any atom is -0.454 e. The molecule has 2 aromatic carbocycles. The third kappa shape index (κ3) is 4.04. The maximum Gasteiger partial charge on any atom is 0.231 e. The monoisotopic (exact) mass is 385 g/mol. The lowest BCUT2D eigenvalue weighted by molar-refractivity contribution is 0.0211. The second-order valence-corrected chi connectivity index (χ2v) is 6.54. The molecule has 1 aliphatic rings. The number of hydrogen-bond acceptors (Lipinski definition) is 7. The van der Waals surface area contributed by atoms with Gasteiger partial charge < -0.3 is 34.3 Å². The zero-order valence-electron chi connectivity index (χ0n) is 15.4. The van der Waals surface area contributed by atoms with E-state index >= 15 is 0 Å². The molecule has 0 fully saturated rings. The van der Waals surface area contributed by atoms with Gasteiger partial charge in [-0.25, -0.2) is 4.98 Å². The van der Waals surface area contributed by atoms with Crippen LogP contribution in [0.15, 0.2) is 42.5 Å². The van der Waals surface area contributed by atoms with E-state index in [1.54, 1.807) is 0 Å². The molecule has 1 aliphatic heterocycles. The van der Waals surface area contributed by atoms with E-state index < -0.39 is 6.10 Å². The molecular formula is C20H23N3O5. The number of aliphatic hydroxyl groups excluding tert-OH is 2. The van der Waals surface area contributed by atoms with Crippen LogP contribution in [0.1, 0.15) is 5.56 Å². The fraction of sp³-hybridized carbons (Fsp3) is 0.350. The molecule has 0 amide bonds. The standard InChI is InChI=1S/C20H23N3O5/c24-8-7-21-20-22-16-3-1-2-4-17(16)23(20)10-15(25)12-26-11-14-5-6-18-19(9-14)28-13-27-18/h1-6,9,15,24-25H,7-8,10-13H2,(H,21,22). The Labute approximate surface area is 162 Å². The summed E-state index contributed by atoms with van der Waals surface area (Å²) >= 11 is 0. The summed E-state index contributed by atoms with van der Waals surface area (Å²) in [7, 11) is 0. The Morgan fingerprint density at radius 3 is 2.93 bits per heavy atom. The van der Waals surface area contributed by atoms with Gasteiger partial charge in [0.05, 0.1) is 43.5 Å². The molecule has 2 heterocycles. The number of benzene rings is 2. The third-order valence-corrected chi connectivity index (χ3v) is 4.46. The molecule has 0 radical (unpaired) electrons. The number of fused-ring (bicyclic) bond motifs is 2. The fourth-order valence-corrected chi connectivity index (χ4v) is 3.17. The summed E-state index contributed by atoms with van der Waals surface area (Å²) in [6.45, 7) is 1.51. The highest BCUT2D eigenvalue weighted by Gasteiger charge is 2.15. The highest BCUT2D eigenvalue weighted by atomic mass is 16.7. The van der Waals surface area contributed by atoms with Crippen molar-refractivity contribution in [2.45, 2.75) is 19.3 Å². The van der Waals surface area contributed by atoms with Crippen LogP contribution in [0, 0.1) is 0 Å². The van der Waals surface area contributed by atoms with Crippen LogP contribution in [0.4, 0.5) is 5.95 Å². The van der Waals surface area contributed by atoms with Gasteiger partial charge in [0.1, 0.15) is 0 Å². The minimum absolute atomic E-state index is 0.00437. The number of ether oxygens (including phenoxy) is 3. The van der Waals surface area contributed by atoms with E-state index in [0.29, 0.717) is 31.4 Å². The zero-order chi connectivity index (χ0) is 19.3. The molecule has 148 valence electrons. The van der Waals surface area contributed by atoms with Crippen LogP contribution >= 0.6 is 0 Å². The number of nitrogens with one attached hydrogen (secondary N) is 1. The number of aromatic nitrogens is 2. The number of anilines is 1. The SMILES string of the molecule is OCCNc1nc2ccccc2n1CC(O)COCc1ccc2c(c1)OCO2. The van der Waals surface area contributed by atoms with Gasteiger partial charge in [0, 0.05) is 6.54 Å².